The molecular formula is C22H29N3O3. The smallest absolute Gasteiger partial charge is 0.405 e. The summed E-state index contributed by atoms with van der Waals surface area (Å²) in [6.45, 7) is 4.10. The van der Waals surface area contributed by atoms with Crippen LogP contribution in [0, 0.1) is 0 Å². The summed E-state index contributed by atoms with van der Waals surface area (Å²) in [5, 5.41) is 2.88. The second kappa shape index (κ2) is 9.90. The molecule has 5 N–H and O–H groups in total. The Morgan fingerprint density at radius 2 is 1.61 bits per heavy atom. The van der Waals surface area contributed by atoms with Crippen molar-refractivity contribution in [3.05, 3.63) is 71.3 Å². The molecule has 2 amide bonds. The molecule has 6 nitrogen and oxygen atoms in total. The van der Waals surface area contributed by atoms with Crippen LogP contribution in [0.3, 0.4) is 0 Å². The lowest BCUT2D eigenvalue weighted by Crippen LogP contribution is -2.41. The number of benzene rings is 2. The lowest BCUT2D eigenvalue weighted by atomic mass is 9.98. The van der Waals surface area contributed by atoms with E-state index in [4.69, 9.17) is 16.2 Å². The van der Waals surface area contributed by atoms with Gasteiger partial charge in [-0.15, -0.1) is 0 Å². The molecule has 0 aliphatic carbocycles. The Morgan fingerprint density at radius 3 is 2.21 bits per heavy atom. The van der Waals surface area contributed by atoms with Gasteiger partial charge in [-0.2, -0.15) is 0 Å². The van der Waals surface area contributed by atoms with Crippen molar-refractivity contribution < 1.29 is 14.3 Å². The molecule has 2 rings (SSSR count). The van der Waals surface area contributed by atoms with Gasteiger partial charge < -0.3 is 21.5 Å². The number of nitrogens with one attached hydrogen (secondary N) is 1. The highest BCUT2D eigenvalue weighted by Gasteiger charge is 2.21. The molecule has 0 aliphatic heterocycles. The van der Waals surface area contributed by atoms with Gasteiger partial charge >= 0.3 is 6.09 Å². The van der Waals surface area contributed by atoms with Crippen molar-refractivity contribution in [1.29, 1.82) is 0 Å². The van der Waals surface area contributed by atoms with Gasteiger partial charge in [-0.3, -0.25) is 4.79 Å². The quantitative estimate of drug-likeness (QED) is 0.619. The lowest BCUT2D eigenvalue weighted by molar-refractivity contribution is -0.122. The fraction of sp³-hybridized carbons (Fsp3) is 0.364. The van der Waals surface area contributed by atoms with E-state index < -0.39 is 17.7 Å². The van der Waals surface area contributed by atoms with E-state index in [9.17, 15) is 9.59 Å². The first-order chi connectivity index (χ1) is 13.2. The Hall–Kier alpha value is -2.86. The summed E-state index contributed by atoms with van der Waals surface area (Å²) in [4.78, 5) is 23.1. The van der Waals surface area contributed by atoms with E-state index in [1.165, 1.54) is 0 Å². The maximum atomic E-state index is 12.2. The number of primary amides is 1. The zero-order valence-corrected chi connectivity index (χ0v) is 16.5. The highest BCUT2D eigenvalue weighted by molar-refractivity contribution is 5.81. The Morgan fingerprint density at radius 1 is 1.00 bits per heavy atom. The normalized spacial score (nSPS) is 12.2. The van der Waals surface area contributed by atoms with Gasteiger partial charge in [-0.25, -0.2) is 4.79 Å². The third-order valence-electron chi connectivity index (χ3n) is 4.52. The number of amides is 2. The van der Waals surface area contributed by atoms with Crippen LogP contribution in [0.5, 0.6) is 0 Å². The average Bonchev–Trinajstić information content (AvgIpc) is 2.65. The van der Waals surface area contributed by atoms with Crippen LogP contribution in [0.25, 0.3) is 0 Å². The number of aryl methyl sites for hydroxylation is 1. The maximum absolute atomic E-state index is 12.2. The van der Waals surface area contributed by atoms with Gasteiger partial charge in [0.15, 0.2) is 0 Å². The Kier molecular flexibility index (Phi) is 7.58. The number of carbonyl (C=O) groups is 2. The average molecular weight is 383 g/mol. The van der Waals surface area contributed by atoms with Gasteiger partial charge in [0.2, 0.25) is 5.91 Å². The van der Waals surface area contributed by atoms with E-state index >= 15 is 0 Å². The van der Waals surface area contributed by atoms with Crippen molar-refractivity contribution in [3.8, 4) is 0 Å². The molecule has 0 aromatic heterocycles. The number of hydrogen-bond acceptors (Lipinski definition) is 4. The first kappa shape index (κ1) is 21.4. The monoisotopic (exact) mass is 383 g/mol. The van der Waals surface area contributed by atoms with Crippen molar-refractivity contribution in [3.63, 3.8) is 0 Å². The number of rotatable bonds is 9. The zero-order valence-electron chi connectivity index (χ0n) is 16.5. The fourth-order valence-corrected chi connectivity index (χ4v) is 2.87. The molecule has 2 aromatic carbocycles. The number of carbonyl (C=O) groups excluding carboxylic acids is 2. The second-order valence-electron chi connectivity index (χ2n) is 7.51. The molecule has 0 saturated heterocycles. The molecule has 2 aromatic rings. The molecule has 0 unspecified atom stereocenters. The molecular weight excluding hydrogens is 354 g/mol. The van der Waals surface area contributed by atoms with Gasteiger partial charge in [0.05, 0.1) is 6.04 Å². The summed E-state index contributed by atoms with van der Waals surface area (Å²) in [6.07, 6.45) is 1.17. The number of nitrogens with two attached hydrogens (primary N) is 2. The molecule has 0 radical (unpaired) electrons. The van der Waals surface area contributed by atoms with E-state index in [-0.39, 0.29) is 5.91 Å². The van der Waals surface area contributed by atoms with Crippen LogP contribution in [-0.4, -0.2) is 23.6 Å². The largest absolute Gasteiger partial charge is 0.444 e. The highest BCUT2D eigenvalue weighted by Crippen LogP contribution is 2.18. The molecule has 0 fully saturated rings. The SMILES string of the molecule is CC(C)(CCc1ccc(CNC(=O)[C@@H](N)Cc2ccccc2)cc1)OC(N)=O. The molecule has 150 valence electrons. The number of hydrogen-bond donors (Lipinski definition) is 3. The third-order valence-corrected chi connectivity index (χ3v) is 4.52. The molecule has 28 heavy (non-hydrogen) atoms. The van der Waals surface area contributed by atoms with Crippen molar-refractivity contribution in [2.75, 3.05) is 0 Å². The highest BCUT2D eigenvalue weighted by atomic mass is 16.6. The van der Waals surface area contributed by atoms with Crippen LogP contribution in [-0.2, 0) is 28.9 Å². The lowest BCUT2D eigenvalue weighted by Gasteiger charge is -2.23. The van der Waals surface area contributed by atoms with Crippen molar-refractivity contribution in [2.45, 2.75) is 51.3 Å². The summed E-state index contributed by atoms with van der Waals surface area (Å²) in [6, 6.07) is 17.1. The molecule has 0 aliphatic rings. The predicted molar refractivity (Wildman–Crippen MR) is 109 cm³/mol. The fourth-order valence-electron chi connectivity index (χ4n) is 2.87. The maximum Gasteiger partial charge on any atom is 0.405 e. The van der Waals surface area contributed by atoms with Crippen LogP contribution in [0.4, 0.5) is 4.79 Å². The predicted octanol–water partition coefficient (Wildman–Crippen LogP) is 2.68. The van der Waals surface area contributed by atoms with Gasteiger partial charge in [-0.05, 0) is 49.8 Å². The minimum absolute atomic E-state index is 0.168. The molecule has 0 saturated carbocycles. The minimum atomic E-state index is -0.762. The van der Waals surface area contributed by atoms with E-state index in [1.54, 1.807) is 0 Å². The van der Waals surface area contributed by atoms with E-state index in [1.807, 2.05) is 68.4 Å². The summed E-state index contributed by atoms with van der Waals surface area (Å²) < 4.78 is 5.09. The summed E-state index contributed by atoms with van der Waals surface area (Å²) >= 11 is 0. The van der Waals surface area contributed by atoms with E-state index in [0.29, 0.717) is 19.4 Å². The summed E-state index contributed by atoms with van der Waals surface area (Å²) in [5.74, 6) is -0.168. The first-order valence-corrected chi connectivity index (χ1v) is 9.39. The Labute approximate surface area is 166 Å². The molecule has 0 bridgehead atoms. The van der Waals surface area contributed by atoms with Gasteiger partial charge in [0, 0.05) is 6.54 Å². The van der Waals surface area contributed by atoms with E-state index in [2.05, 4.69) is 5.32 Å². The van der Waals surface area contributed by atoms with Crippen LogP contribution in [0.15, 0.2) is 54.6 Å². The Bertz CT molecular complexity index is 773. The molecule has 0 heterocycles. The minimum Gasteiger partial charge on any atom is -0.444 e. The standard InChI is InChI=1S/C22H29N3O3/c1-22(2,28-21(24)27)13-12-16-8-10-18(11-9-16)15-25-20(26)19(23)14-17-6-4-3-5-7-17/h3-11,19H,12-15,23H2,1-2H3,(H2,24,27)(H,25,26)/t19-/m0/s1. The van der Waals surface area contributed by atoms with E-state index in [0.717, 1.165) is 23.1 Å². The number of ether oxygens (including phenoxy) is 1. The van der Waals surface area contributed by atoms with Gasteiger partial charge in [-0.1, -0.05) is 54.6 Å². The topological polar surface area (TPSA) is 107 Å². The van der Waals surface area contributed by atoms with Crippen LogP contribution >= 0.6 is 0 Å². The molecule has 6 heteroatoms. The van der Waals surface area contributed by atoms with Crippen LogP contribution < -0.4 is 16.8 Å². The Balaban J connectivity index is 1.79. The first-order valence-electron chi connectivity index (χ1n) is 9.39. The van der Waals surface area contributed by atoms with Crippen LogP contribution in [0.2, 0.25) is 0 Å². The van der Waals surface area contributed by atoms with Gasteiger partial charge in [0.25, 0.3) is 0 Å². The van der Waals surface area contributed by atoms with Crippen molar-refractivity contribution >= 4 is 12.0 Å². The molecule has 1 atom stereocenters. The molecule has 0 spiro atoms. The van der Waals surface area contributed by atoms with Gasteiger partial charge in [0.1, 0.15) is 5.60 Å². The van der Waals surface area contributed by atoms with Crippen molar-refractivity contribution in [1.82, 2.24) is 5.32 Å². The third kappa shape index (κ3) is 7.40. The van der Waals surface area contributed by atoms with Crippen molar-refractivity contribution in [2.24, 2.45) is 11.5 Å². The summed E-state index contributed by atoms with van der Waals surface area (Å²) in [5.41, 5.74) is 13.6. The summed E-state index contributed by atoms with van der Waals surface area (Å²) in [7, 11) is 0. The zero-order chi connectivity index (χ0) is 20.6. The second-order valence-corrected chi connectivity index (χ2v) is 7.51. The van der Waals surface area contributed by atoms with Crippen LogP contribution in [0.1, 0.15) is 37.0 Å².